The van der Waals surface area contributed by atoms with Gasteiger partial charge in [0.2, 0.25) is 0 Å². The van der Waals surface area contributed by atoms with Crippen LogP contribution in [0.5, 0.6) is 0 Å². The lowest BCUT2D eigenvalue weighted by Crippen LogP contribution is -2.43. The summed E-state index contributed by atoms with van der Waals surface area (Å²) in [6.07, 6.45) is -5.98. The number of β-amino-alcohol motifs (C(OH)–C–C–N with tert-alkyl or cyclic N) is 1. The molecule has 0 saturated carbocycles. The molecular weight excluding hydrogens is 227 g/mol. The summed E-state index contributed by atoms with van der Waals surface area (Å²) in [5, 5.41) is 17.5. The summed E-state index contributed by atoms with van der Waals surface area (Å²) < 4.78 is 36.3. The molecule has 2 unspecified atom stereocenters. The van der Waals surface area contributed by atoms with E-state index in [1.54, 1.807) is 0 Å². The van der Waals surface area contributed by atoms with Crippen LogP contribution < -0.4 is 0 Å². The molecule has 4 nitrogen and oxygen atoms in total. The Labute approximate surface area is 90.7 Å². The first-order chi connectivity index (χ1) is 7.30. The Balaban J connectivity index is 2.49. The van der Waals surface area contributed by atoms with E-state index < -0.39 is 30.8 Å². The zero-order chi connectivity index (χ0) is 12.3. The third kappa shape index (κ3) is 3.64. The Morgan fingerprint density at radius 1 is 1.50 bits per heavy atom. The van der Waals surface area contributed by atoms with E-state index in [1.165, 1.54) is 4.90 Å². The van der Waals surface area contributed by atoms with Crippen molar-refractivity contribution in [1.29, 1.82) is 0 Å². The maximum atomic E-state index is 12.1. The van der Waals surface area contributed by atoms with Crippen molar-refractivity contribution < 1.29 is 28.2 Å². The highest BCUT2D eigenvalue weighted by atomic mass is 19.4. The third-order valence-corrected chi connectivity index (χ3v) is 2.69. The number of alkyl halides is 3. The lowest BCUT2D eigenvalue weighted by Gasteiger charge is -2.26. The number of hydrogen-bond donors (Lipinski definition) is 2. The third-order valence-electron chi connectivity index (χ3n) is 2.69. The summed E-state index contributed by atoms with van der Waals surface area (Å²) in [5.41, 5.74) is 0. The standard InChI is InChI=1S/C9H14F3NO3/c10-9(11,12)7(14)5-13-3-1-2-6(13)4-8(15)16/h6-7,14H,1-5H2,(H,15,16). The van der Waals surface area contributed by atoms with Crippen LogP contribution in [0.4, 0.5) is 13.2 Å². The van der Waals surface area contributed by atoms with Gasteiger partial charge in [0.15, 0.2) is 6.10 Å². The predicted molar refractivity (Wildman–Crippen MR) is 48.9 cm³/mol. The number of hydrogen-bond acceptors (Lipinski definition) is 3. The summed E-state index contributed by atoms with van der Waals surface area (Å²) in [6.45, 7) is -0.132. The number of carbonyl (C=O) groups is 1. The first kappa shape index (κ1) is 13.2. The predicted octanol–water partition coefficient (Wildman–Crippen LogP) is 0.849. The maximum Gasteiger partial charge on any atom is 0.415 e. The zero-order valence-electron chi connectivity index (χ0n) is 8.57. The fourth-order valence-corrected chi connectivity index (χ4v) is 1.89. The second-order valence-corrected chi connectivity index (χ2v) is 3.95. The molecule has 0 aliphatic carbocycles. The Kier molecular flexibility index (Phi) is 4.15. The topological polar surface area (TPSA) is 60.8 Å². The molecule has 16 heavy (non-hydrogen) atoms. The number of likely N-dealkylation sites (tertiary alicyclic amines) is 1. The fraction of sp³-hybridized carbons (Fsp3) is 0.889. The van der Waals surface area contributed by atoms with E-state index in [4.69, 9.17) is 10.2 Å². The fourth-order valence-electron chi connectivity index (χ4n) is 1.89. The van der Waals surface area contributed by atoms with E-state index in [0.717, 1.165) is 0 Å². The van der Waals surface area contributed by atoms with Crippen molar-refractivity contribution in [3.63, 3.8) is 0 Å². The highest BCUT2D eigenvalue weighted by Gasteiger charge is 2.41. The van der Waals surface area contributed by atoms with Gasteiger partial charge in [0.25, 0.3) is 0 Å². The molecule has 1 saturated heterocycles. The minimum Gasteiger partial charge on any atom is -0.481 e. The number of carboxylic acids is 1. The summed E-state index contributed by atoms with van der Waals surface area (Å²) >= 11 is 0. The average Bonchev–Trinajstić information content (AvgIpc) is 2.50. The summed E-state index contributed by atoms with van der Waals surface area (Å²) in [5.74, 6) is -1.03. The van der Waals surface area contributed by atoms with Gasteiger partial charge < -0.3 is 10.2 Å². The summed E-state index contributed by atoms with van der Waals surface area (Å²) in [4.78, 5) is 11.9. The molecule has 1 aliphatic rings. The molecule has 94 valence electrons. The van der Waals surface area contributed by atoms with Crippen LogP contribution >= 0.6 is 0 Å². The van der Waals surface area contributed by atoms with Crippen LogP contribution in [0.25, 0.3) is 0 Å². The van der Waals surface area contributed by atoms with Crippen LogP contribution in [0.3, 0.4) is 0 Å². The SMILES string of the molecule is O=C(O)CC1CCCN1CC(O)C(F)(F)F. The molecule has 1 heterocycles. The molecule has 1 aliphatic heterocycles. The van der Waals surface area contributed by atoms with Gasteiger partial charge in [0.05, 0.1) is 6.42 Å². The quantitative estimate of drug-likeness (QED) is 0.766. The van der Waals surface area contributed by atoms with E-state index >= 15 is 0 Å². The zero-order valence-corrected chi connectivity index (χ0v) is 8.57. The molecule has 0 aromatic carbocycles. The van der Waals surface area contributed by atoms with Crippen molar-refractivity contribution >= 4 is 5.97 Å². The van der Waals surface area contributed by atoms with Gasteiger partial charge in [0.1, 0.15) is 0 Å². The first-order valence-electron chi connectivity index (χ1n) is 5.01. The molecule has 1 fully saturated rings. The molecule has 0 spiro atoms. The van der Waals surface area contributed by atoms with Gasteiger partial charge >= 0.3 is 12.1 Å². The highest BCUT2D eigenvalue weighted by Crippen LogP contribution is 2.25. The molecule has 0 aromatic rings. The van der Waals surface area contributed by atoms with Crippen LogP contribution in [-0.4, -0.2) is 52.5 Å². The number of halogens is 3. The van der Waals surface area contributed by atoms with E-state index in [2.05, 4.69) is 0 Å². The van der Waals surface area contributed by atoms with Gasteiger partial charge in [0, 0.05) is 12.6 Å². The molecule has 7 heteroatoms. The van der Waals surface area contributed by atoms with Gasteiger partial charge in [-0.25, -0.2) is 0 Å². The number of aliphatic carboxylic acids is 1. The average molecular weight is 241 g/mol. The minimum atomic E-state index is -4.64. The van der Waals surface area contributed by atoms with Crippen molar-refractivity contribution in [2.75, 3.05) is 13.1 Å². The van der Waals surface area contributed by atoms with Crippen molar-refractivity contribution in [3.8, 4) is 0 Å². The Morgan fingerprint density at radius 2 is 2.12 bits per heavy atom. The molecule has 2 atom stereocenters. The normalized spacial score (nSPS) is 24.6. The number of carboxylic acid groups (broad SMARTS) is 1. The van der Waals surface area contributed by atoms with Crippen LogP contribution in [0, 0.1) is 0 Å². The van der Waals surface area contributed by atoms with E-state index in [-0.39, 0.29) is 6.42 Å². The lowest BCUT2D eigenvalue weighted by atomic mass is 10.1. The van der Waals surface area contributed by atoms with Gasteiger partial charge in [-0.3, -0.25) is 9.69 Å². The minimum absolute atomic E-state index is 0.176. The van der Waals surface area contributed by atoms with E-state index in [0.29, 0.717) is 19.4 Å². The van der Waals surface area contributed by atoms with Crippen LogP contribution in [0.15, 0.2) is 0 Å². The van der Waals surface area contributed by atoms with Crippen molar-refractivity contribution in [3.05, 3.63) is 0 Å². The van der Waals surface area contributed by atoms with Gasteiger partial charge in [-0.05, 0) is 19.4 Å². The summed E-state index contributed by atoms with van der Waals surface area (Å²) in [6, 6.07) is -0.394. The van der Waals surface area contributed by atoms with Crippen molar-refractivity contribution in [1.82, 2.24) is 4.90 Å². The van der Waals surface area contributed by atoms with Crippen LogP contribution in [0.2, 0.25) is 0 Å². The molecule has 0 bridgehead atoms. The number of nitrogens with zero attached hydrogens (tertiary/aromatic N) is 1. The Hall–Kier alpha value is -0.820. The molecule has 0 aromatic heterocycles. The van der Waals surface area contributed by atoms with Gasteiger partial charge in [-0.2, -0.15) is 13.2 Å². The Morgan fingerprint density at radius 3 is 2.62 bits per heavy atom. The second kappa shape index (κ2) is 5.01. The van der Waals surface area contributed by atoms with E-state index in [1.807, 2.05) is 0 Å². The van der Waals surface area contributed by atoms with Gasteiger partial charge in [-0.15, -0.1) is 0 Å². The molecule has 0 amide bonds. The van der Waals surface area contributed by atoms with Crippen molar-refractivity contribution in [2.24, 2.45) is 0 Å². The largest absolute Gasteiger partial charge is 0.481 e. The molecular formula is C9H14F3NO3. The van der Waals surface area contributed by atoms with Crippen LogP contribution in [-0.2, 0) is 4.79 Å². The number of aliphatic hydroxyl groups excluding tert-OH is 1. The van der Waals surface area contributed by atoms with E-state index in [9.17, 15) is 18.0 Å². The number of aliphatic hydroxyl groups is 1. The van der Waals surface area contributed by atoms with Crippen molar-refractivity contribution in [2.45, 2.75) is 37.6 Å². The van der Waals surface area contributed by atoms with Crippen LogP contribution in [0.1, 0.15) is 19.3 Å². The maximum absolute atomic E-state index is 12.1. The summed E-state index contributed by atoms with van der Waals surface area (Å²) in [7, 11) is 0. The lowest BCUT2D eigenvalue weighted by molar-refractivity contribution is -0.208. The second-order valence-electron chi connectivity index (χ2n) is 3.95. The first-order valence-corrected chi connectivity index (χ1v) is 5.01. The number of rotatable bonds is 4. The molecule has 0 radical (unpaired) electrons. The highest BCUT2D eigenvalue weighted by molar-refractivity contribution is 5.67. The molecule has 2 N–H and O–H groups in total. The Bertz CT molecular complexity index is 257. The van der Waals surface area contributed by atoms with Gasteiger partial charge in [-0.1, -0.05) is 0 Å². The molecule has 1 rings (SSSR count). The monoisotopic (exact) mass is 241 g/mol. The smallest absolute Gasteiger partial charge is 0.415 e.